The Morgan fingerprint density at radius 1 is 1.38 bits per heavy atom. The molecule has 0 bridgehead atoms. The number of hydrazine groups is 1. The molecule has 0 saturated carbocycles. The molecule has 0 unspecified atom stereocenters. The maximum atomic E-state index is 5.27. The third-order valence-electron chi connectivity index (χ3n) is 2.80. The van der Waals surface area contributed by atoms with Crippen LogP contribution in [0.25, 0.3) is 10.9 Å². The Hall–Kier alpha value is -1.36. The number of fused-ring (bicyclic) bond motifs is 1. The first-order chi connectivity index (χ1) is 7.81. The number of nitrogens with one attached hydrogen (secondary N) is 2. The summed E-state index contributed by atoms with van der Waals surface area (Å²) in [5.74, 6) is 5.27. The molecule has 86 valence electrons. The molecular formula is C12H18N4. The van der Waals surface area contributed by atoms with E-state index >= 15 is 0 Å². The summed E-state index contributed by atoms with van der Waals surface area (Å²) >= 11 is 0. The fraction of sp³-hybridized carbons (Fsp3) is 0.333. The normalized spacial score (nSPS) is 11.4. The van der Waals surface area contributed by atoms with Crippen molar-refractivity contribution in [2.24, 2.45) is 5.84 Å². The van der Waals surface area contributed by atoms with Crippen molar-refractivity contribution in [1.29, 1.82) is 0 Å². The van der Waals surface area contributed by atoms with Gasteiger partial charge in [-0.1, -0.05) is 18.2 Å². The van der Waals surface area contributed by atoms with Gasteiger partial charge in [0.25, 0.3) is 0 Å². The molecule has 4 heteroatoms. The van der Waals surface area contributed by atoms with Crippen LogP contribution in [0.5, 0.6) is 0 Å². The number of nitrogens with zero attached hydrogens (tertiary/aromatic N) is 1. The maximum Gasteiger partial charge on any atom is 0.0610 e. The number of hydrogen-bond acceptors (Lipinski definition) is 3. The van der Waals surface area contributed by atoms with Crippen LogP contribution in [0.3, 0.4) is 0 Å². The molecule has 4 nitrogen and oxygen atoms in total. The second kappa shape index (κ2) is 5.12. The Morgan fingerprint density at radius 3 is 3.00 bits per heavy atom. The Kier molecular flexibility index (Phi) is 3.56. The molecule has 1 heterocycles. The van der Waals surface area contributed by atoms with Crippen LogP contribution in [0.1, 0.15) is 5.56 Å². The molecule has 0 fully saturated rings. The fourth-order valence-electron chi connectivity index (χ4n) is 1.88. The van der Waals surface area contributed by atoms with Crippen LogP contribution in [0, 0.1) is 0 Å². The zero-order chi connectivity index (χ0) is 11.4. The summed E-state index contributed by atoms with van der Waals surface area (Å²) in [4.78, 5) is 5.44. The molecule has 0 aliphatic heterocycles. The number of para-hydroxylation sites is 1. The molecule has 0 aliphatic rings. The van der Waals surface area contributed by atoms with E-state index < -0.39 is 0 Å². The largest absolute Gasteiger partial charge is 0.361 e. The van der Waals surface area contributed by atoms with Crippen molar-refractivity contribution in [3.8, 4) is 0 Å². The average Bonchev–Trinajstić information content (AvgIpc) is 2.70. The smallest absolute Gasteiger partial charge is 0.0610 e. The Bertz CT molecular complexity index is 449. The van der Waals surface area contributed by atoms with Gasteiger partial charge in [-0.05, 0) is 25.1 Å². The van der Waals surface area contributed by atoms with E-state index in [1.165, 1.54) is 16.5 Å². The molecule has 0 aliphatic carbocycles. The first-order valence-electron chi connectivity index (χ1n) is 5.48. The summed E-state index contributed by atoms with van der Waals surface area (Å²) in [6.07, 6.45) is 3.12. The molecule has 1 aromatic heterocycles. The van der Waals surface area contributed by atoms with Crippen LogP contribution >= 0.6 is 0 Å². The van der Waals surface area contributed by atoms with Crippen molar-refractivity contribution in [1.82, 2.24) is 15.3 Å². The number of H-pyrrole nitrogens is 1. The van der Waals surface area contributed by atoms with Crippen molar-refractivity contribution in [3.05, 3.63) is 36.0 Å². The number of aromatic amines is 1. The van der Waals surface area contributed by atoms with E-state index in [1.54, 1.807) is 0 Å². The van der Waals surface area contributed by atoms with E-state index in [-0.39, 0.29) is 0 Å². The fourth-order valence-corrected chi connectivity index (χ4v) is 1.88. The van der Waals surface area contributed by atoms with E-state index in [9.17, 15) is 0 Å². The highest BCUT2D eigenvalue weighted by molar-refractivity contribution is 5.83. The Labute approximate surface area is 95.4 Å². The van der Waals surface area contributed by atoms with Gasteiger partial charge in [-0.15, -0.1) is 0 Å². The predicted octanol–water partition coefficient (Wildman–Crippen LogP) is 1.06. The van der Waals surface area contributed by atoms with Crippen molar-refractivity contribution in [3.63, 3.8) is 0 Å². The van der Waals surface area contributed by atoms with E-state index in [0.717, 1.165) is 13.0 Å². The van der Waals surface area contributed by atoms with Crippen LogP contribution in [0.15, 0.2) is 30.5 Å². The van der Waals surface area contributed by atoms with Gasteiger partial charge in [-0.25, -0.2) is 5.43 Å². The molecule has 0 spiro atoms. The second-order valence-electron chi connectivity index (χ2n) is 4.05. The zero-order valence-corrected chi connectivity index (χ0v) is 9.53. The van der Waals surface area contributed by atoms with E-state index in [2.05, 4.69) is 46.8 Å². The summed E-state index contributed by atoms with van der Waals surface area (Å²) in [5.41, 5.74) is 5.22. The van der Waals surface area contributed by atoms with E-state index in [4.69, 9.17) is 5.84 Å². The molecular weight excluding hydrogens is 200 g/mol. The summed E-state index contributed by atoms with van der Waals surface area (Å²) in [7, 11) is 2.05. The standard InChI is InChI=1S/C12H18N4/c1-16(9-15-13)7-6-10-8-14-12-5-3-2-4-11(10)12/h2-5,8,14-15H,6-7,9,13H2,1H3. The van der Waals surface area contributed by atoms with Gasteiger partial charge in [-0.3, -0.25) is 10.7 Å². The van der Waals surface area contributed by atoms with Crippen molar-refractivity contribution in [2.45, 2.75) is 6.42 Å². The summed E-state index contributed by atoms with van der Waals surface area (Å²) in [5, 5.41) is 1.32. The number of nitrogens with two attached hydrogens (primary N) is 1. The highest BCUT2D eigenvalue weighted by Gasteiger charge is 2.03. The number of benzene rings is 1. The van der Waals surface area contributed by atoms with Crippen LogP contribution in [-0.2, 0) is 6.42 Å². The van der Waals surface area contributed by atoms with Crippen molar-refractivity contribution in [2.75, 3.05) is 20.3 Å². The van der Waals surface area contributed by atoms with E-state index in [1.807, 2.05) is 6.07 Å². The van der Waals surface area contributed by atoms with Gasteiger partial charge in [-0.2, -0.15) is 0 Å². The lowest BCUT2D eigenvalue weighted by Crippen LogP contribution is -2.36. The highest BCUT2D eigenvalue weighted by Crippen LogP contribution is 2.17. The van der Waals surface area contributed by atoms with Crippen LogP contribution in [0.2, 0.25) is 0 Å². The minimum Gasteiger partial charge on any atom is -0.361 e. The summed E-state index contributed by atoms with van der Waals surface area (Å²) < 4.78 is 0. The monoisotopic (exact) mass is 218 g/mol. The lowest BCUT2D eigenvalue weighted by atomic mass is 10.1. The van der Waals surface area contributed by atoms with Crippen molar-refractivity contribution >= 4 is 10.9 Å². The highest BCUT2D eigenvalue weighted by atomic mass is 15.3. The first-order valence-corrected chi connectivity index (χ1v) is 5.48. The molecule has 0 atom stereocenters. The van der Waals surface area contributed by atoms with Gasteiger partial charge in [0.2, 0.25) is 0 Å². The molecule has 2 aromatic rings. The van der Waals surface area contributed by atoms with Gasteiger partial charge in [0.05, 0.1) is 6.67 Å². The molecule has 0 amide bonds. The SMILES string of the molecule is CN(CCc1c[nH]c2ccccc12)CNN. The molecule has 0 saturated heterocycles. The van der Waals surface area contributed by atoms with E-state index in [0.29, 0.717) is 6.67 Å². The Morgan fingerprint density at radius 2 is 2.19 bits per heavy atom. The van der Waals surface area contributed by atoms with Gasteiger partial charge >= 0.3 is 0 Å². The van der Waals surface area contributed by atoms with Gasteiger partial charge in [0.1, 0.15) is 0 Å². The zero-order valence-electron chi connectivity index (χ0n) is 9.53. The van der Waals surface area contributed by atoms with Crippen LogP contribution in [-0.4, -0.2) is 30.1 Å². The second-order valence-corrected chi connectivity index (χ2v) is 4.05. The number of hydrogen-bond donors (Lipinski definition) is 3. The third kappa shape index (κ3) is 2.41. The molecule has 1 aromatic carbocycles. The van der Waals surface area contributed by atoms with Crippen LogP contribution in [0.4, 0.5) is 0 Å². The number of likely N-dealkylation sites (N-methyl/N-ethyl adjacent to an activating group) is 1. The quantitative estimate of drug-likeness (QED) is 0.399. The predicted molar refractivity (Wildman–Crippen MR) is 66.8 cm³/mol. The third-order valence-corrected chi connectivity index (χ3v) is 2.80. The Balaban J connectivity index is 2.04. The topological polar surface area (TPSA) is 57.1 Å². The lowest BCUT2D eigenvalue weighted by Gasteiger charge is -2.14. The molecule has 0 radical (unpaired) electrons. The van der Waals surface area contributed by atoms with Gasteiger partial charge < -0.3 is 4.98 Å². The molecule has 4 N–H and O–H groups in total. The van der Waals surface area contributed by atoms with Gasteiger partial charge in [0, 0.05) is 23.6 Å². The summed E-state index contributed by atoms with van der Waals surface area (Å²) in [6, 6.07) is 8.38. The number of rotatable bonds is 5. The summed E-state index contributed by atoms with van der Waals surface area (Å²) in [6.45, 7) is 1.70. The van der Waals surface area contributed by atoms with Crippen molar-refractivity contribution < 1.29 is 0 Å². The lowest BCUT2D eigenvalue weighted by molar-refractivity contribution is 0.313. The number of aromatic nitrogens is 1. The average molecular weight is 218 g/mol. The minimum absolute atomic E-state index is 0.711. The molecule has 2 rings (SSSR count). The molecule has 16 heavy (non-hydrogen) atoms. The minimum atomic E-state index is 0.711. The van der Waals surface area contributed by atoms with Gasteiger partial charge in [0.15, 0.2) is 0 Å². The maximum absolute atomic E-state index is 5.27. The first kappa shape index (κ1) is 11.1. The van der Waals surface area contributed by atoms with Crippen LogP contribution < -0.4 is 11.3 Å².